The Hall–Kier alpha value is -4.76. The van der Waals surface area contributed by atoms with E-state index < -0.39 is 5.91 Å². The summed E-state index contributed by atoms with van der Waals surface area (Å²) in [6.07, 6.45) is 1.45. The number of benzene rings is 3. The zero-order valence-corrected chi connectivity index (χ0v) is 24.1. The molecule has 4 unspecified atom stereocenters. The summed E-state index contributed by atoms with van der Waals surface area (Å²) in [4.78, 5) is 31.0. The molecule has 6 rings (SSSR count). The average molecular weight is 600 g/mol. The van der Waals surface area contributed by atoms with Crippen molar-refractivity contribution in [3.63, 3.8) is 0 Å². The molecule has 3 heterocycles. The summed E-state index contributed by atoms with van der Waals surface area (Å²) in [6, 6.07) is 14.5. The third kappa shape index (κ3) is 6.43. The van der Waals surface area contributed by atoms with Crippen molar-refractivity contribution in [1.29, 1.82) is 0 Å². The Morgan fingerprint density at radius 3 is 1.84 bits per heavy atom. The van der Waals surface area contributed by atoms with E-state index in [0.29, 0.717) is 66.2 Å². The fourth-order valence-corrected chi connectivity index (χ4v) is 5.82. The highest BCUT2D eigenvalue weighted by atomic mass is 16.3. The molecule has 2 aliphatic rings. The van der Waals surface area contributed by atoms with Gasteiger partial charge in [-0.25, -0.2) is 0 Å². The number of phenols is 2. The standard InChI is InChI=1S/C30H37N11O3/c31-17-9-18(32)13-40(12-17)29-37-28(38-30(39-29)41-14-19(33)10-20(34)15-41)36-22-6-4-21(5-7-22)35-27(44)24-8-16-2-1-3-25(42)23(16)11-26(24)43/h1-8,11,17-20,42-43H,9-10,12-15,31-34H2,(H,35,44)(H,36,37,38,39). The van der Waals surface area contributed by atoms with Gasteiger partial charge >= 0.3 is 0 Å². The third-order valence-corrected chi connectivity index (χ3v) is 7.83. The zero-order chi connectivity index (χ0) is 31.0. The SMILES string of the molecule is NC1CC(N)CN(c2nc(Nc3ccc(NC(=O)c4cc5cccc(O)c5cc4O)cc3)nc(N3CC(N)CC(N)C3)n2)C1. The molecule has 4 aromatic rings. The van der Waals surface area contributed by atoms with E-state index >= 15 is 0 Å². The van der Waals surface area contributed by atoms with Gasteiger partial charge in [-0.15, -0.1) is 0 Å². The van der Waals surface area contributed by atoms with Crippen molar-refractivity contribution < 1.29 is 15.0 Å². The van der Waals surface area contributed by atoms with Crippen molar-refractivity contribution in [3.8, 4) is 11.5 Å². The van der Waals surface area contributed by atoms with Gasteiger partial charge in [-0.1, -0.05) is 12.1 Å². The topological polar surface area (TPSA) is 231 Å². The van der Waals surface area contributed by atoms with Gasteiger partial charge in [0, 0.05) is 67.1 Å². The van der Waals surface area contributed by atoms with Crippen LogP contribution in [0.25, 0.3) is 10.8 Å². The molecule has 0 radical (unpaired) electrons. The number of carbonyl (C=O) groups excluding carboxylic acids is 1. The summed E-state index contributed by atoms with van der Waals surface area (Å²) in [7, 11) is 0. The van der Waals surface area contributed by atoms with E-state index in [9.17, 15) is 15.0 Å². The van der Waals surface area contributed by atoms with E-state index in [1.807, 2.05) is 9.80 Å². The number of carbonyl (C=O) groups is 1. The Bertz CT molecular complexity index is 1600. The second kappa shape index (κ2) is 12.1. The molecule has 0 spiro atoms. The van der Waals surface area contributed by atoms with Crippen molar-refractivity contribution in [2.45, 2.75) is 37.0 Å². The molecule has 12 N–H and O–H groups in total. The van der Waals surface area contributed by atoms with Gasteiger partial charge in [-0.3, -0.25) is 4.79 Å². The quantitative estimate of drug-likeness (QED) is 0.156. The second-order valence-electron chi connectivity index (χ2n) is 11.6. The van der Waals surface area contributed by atoms with Gasteiger partial charge in [0.2, 0.25) is 17.8 Å². The number of phenolic OH excluding ortho intramolecular Hbond substituents is 2. The maximum Gasteiger partial charge on any atom is 0.259 e. The molecule has 0 saturated carbocycles. The number of piperidine rings is 2. The second-order valence-corrected chi connectivity index (χ2v) is 11.6. The van der Waals surface area contributed by atoms with Crippen molar-refractivity contribution >= 4 is 45.9 Å². The van der Waals surface area contributed by atoms with E-state index in [1.54, 1.807) is 36.4 Å². The molecular formula is C30H37N11O3. The van der Waals surface area contributed by atoms with Crippen LogP contribution < -0.4 is 43.4 Å². The first-order valence-corrected chi connectivity index (χ1v) is 14.5. The molecule has 0 aliphatic carbocycles. The molecule has 14 nitrogen and oxygen atoms in total. The molecule has 3 aromatic carbocycles. The van der Waals surface area contributed by atoms with Gasteiger partial charge in [0.05, 0.1) is 5.56 Å². The highest BCUT2D eigenvalue weighted by molar-refractivity contribution is 6.09. The number of anilines is 5. The van der Waals surface area contributed by atoms with Crippen LogP contribution in [0.2, 0.25) is 0 Å². The minimum Gasteiger partial charge on any atom is -0.507 e. The lowest BCUT2D eigenvalue weighted by Gasteiger charge is -2.37. The average Bonchev–Trinajstić information content (AvgIpc) is 2.97. The number of nitrogens with zero attached hydrogens (tertiary/aromatic N) is 5. The molecule has 4 atom stereocenters. The summed E-state index contributed by atoms with van der Waals surface area (Å²) in [5.41, 5.74) is 26.3. The minimum atomic E-state index is -0.490. The first-order valence-electron chi connectivity index (χ1n) is 14.5. The van der Waals surface area contributed by atoms with Gasteiger partial charge < -0.3 is 53.6 Å². The van der Waals surface area contributed by atoms with E-state index in [4.69, 9.17) is 27.9 Å². The molecule has 230 valence electrons. The number of fused-ring (bicyclic) bond motifs is 1. The Kier molecular flexibility index (Phi) is 8.05. The number of hydrogen-bond acceptors (Lipinski definition) is 13. The lowest BCUT2D eigenvalue weighted by Crippen LogP contribution is -2.54. The Balaban J connectivity index is 1.22. The van der Waals surface area contributed by atoms with Crippen LogP contribution in [-0.4, -0.2) is 81.4 Å². The molecular weight excluding hydrogens is 562 g/mol. The summed E-state index contributed by atoms with van der Waals surface area (Å²) in [6.45, 7) is 2.27. The molecule has 2 saturated heterocycles. The van der Waals surface area contributed by atoms with Crippen LogP contribution in [-0.2, 0) is 0 Å². The molecule has 14 heteroatoms. The van der Waals surface area contributed by atoms with Gasteiger partial charge in [0.1, 0.15) is 11.5 Å². The Morgan fingerprint density at radius 2 is 1.27 bits per heavy atom. The number of hydrogen-bond donors (Lipinski definition) is 8. The first-order chi connectivity index (χ1) is 21.1. The summed E-state index contributed by atoms with van der Waals surface area (Å²) in [5, 5.41) is 27.6. The lowest BCUT2D eigenvalue weighted by atomic mass is 10.0. The van der Waals surface area contributed by atoms with Gasteiger partial charge in [-0.05, 0) is 60.7 Å². The number of nitrogens with two attached hydrogens (primary N) is 4. The van der Waals surface area contributed by atoms with Crippen LogP contribution in [0.4, 0.5) is 29.2 Å². The van der Waals surface area contributed by atoms with Crippen molar-refractivity contribution in [2.24, 2.45) is 22.9 Å². The predicted molar refractivity (Wildman–Crippen MR) is 170 cm³/mol. The van der Waals surface area contributed by atoms with Crippen LogP contribution >= 0.6 is 0 Å². The Labute approximate surface area is 254 Å². The molecule has 0 bridgehead atoms. The molecule has 1 aromatic heterocycles. The van der Waals surface area contributed by atoms with Gasteiger partial charge in [0.15, 0.2) is 0 Å². The van der Waals surface area contributed by atoms with Crippen LogP contribution in [0.1, 0.15) is 23.2 Å². The molecule has 2 aliphatic heterocycles. The van der Waals surface area contributed by atoms with Crippen LogP contribution in [0.5, 0.6) is 11.5 Å². The molecule has 1 amide bonds. The first kappa shape index (κ1) is 29.3. The summed E-state index contributed by atoms with van der Waals surface area (Å²) >= 11 is 0. The number of amides is 1. The van der Waals surface area contributed by atoms with E-state index in [2.05, 4.69) is 20.6 Å². The van der Waals surface area contributed by atoms with Crippen LogP contribution in [0, 0.1) is 0 Å². The fourth-order valence-electron chi connectivity index (χ4n) is 5.82. The number of nitrogens with one attached hydrogen (secondary N) is 2. The van der Waals surface area contributed by atoms with Gasteiger partial charge in [0.25, 0.3) is 5.91 Å². The van der Waals surface area contributed by atoms with Crippen molar-refractivity contribution in [3.05, 3.63) is 60.2 Å². The predicted octanol–water partition coefficient (Wildman–Crippen LogP) is 1.16. The van der Waals surface area contributed by atoms with Gasteiger partial charge in [-0.2, -0.15) is 15.0 Å². The number of aromatic hydroxyl groups is 2. The smallest absolute Gasteiger partial charge is 0.259 e. The summed E-state index contributed by atoms with van der Waals surface area (Å²) in [5.74, 6) is 0.549. The highest BCUT2D eigenvalue weighted by Gasteiger charge is 2.29. The number of aromatic nitrogens is 3. The third-order valence-electron chi connectivity index (χ3n) is 7.83. The fraction of sp³-hybridized carbons (Fsp3) is 0.333. The van der Waals surface area contributed by atoms with Crippen molar-refractivity contribution in [1.82, 2.24) is 15.0 Å². The maximum absolute atomic E-state index is 13.0. The monoisotopic (exact) mass is 599 g/mol. The minimum absolute atomic E-state index is 0.0245. The maximum atomic E-state index is 13.0. The highest BCUT2D eigenvalue weighted by Crippen LogP contribution is 2.31. The van der Waals surface area contributed by atoms with E-state index in [0.717, 1.165) is 12.8 Å². The zero-order valence-electron chi connectivity index (χ0n) is 24.1. The summed E-state index contributed by atoms with van der Waals surface area (Å²) < 4.78 is 0. The molecule has 44 heavy (non-hydrogen) atoms. The van der Waals surface area contributed by atoms with E-state index in [1.165, 1.54) is 18.2 Å². The van der Waals surface area contributed by atoms with Crippen LogP contribution in [0.15, 0.2) is 54.6 Å². The largest absolute Gasteiger partial charge is 0.507 e. The number of rotatable bonds is 6. The van der Waals surface area contributed by atoms with E-state index in [-0.39, 0.29) is 41.2 Å². The molecule has 2 fully saturated rings. The Morgan fingerprint density at radius 1 is 0.727 bits per heavy atom. The van der Waals surface area contributed by atoms with Crippen LogP contribution in [0.3, 0.4) is 0 Å². The lowest BCUT2D eigenvalue weighted by molar-refractivity contribution is 0.102. The normalized spacial score (nSPS) is 22.2. The van der Waals surface area contributed by atoms with Crippen molar-refractivity contribution in [2.75, 3.05) is 46.6 Å².